The lowest BCUT2D eigenvalue weighted by atomic mass is 9.45. The predicted octanol–water partition coefficient (Wildman–Crippen LogP) is 7.39. The van der Waals surface area contributed by atoms with Gasteiger partial charge >= 0.3 is 11.9 Å². The fourth-order valence-corrected chi connectivity index (χ4v) is 13.1. The lowest BCUT2D eigenvalue weighted by Gasteiger charge is -2.65. The van der Waals surface area contributed by atoms with Crippen molar-refractivity contribution >= 4 is 45.5 Å². The lowest BCUT2D eigenvalue weighted by Crippen LogP contribution is -2.86. The number of aliphatic hydroxyl groups excluding tert-OH is 3. The van der Waals surface area contributed by atoms with Gasteiger partial charge < -0.3 is 58.0 Å². The zero-order valence-corrected chi connectivity index (χ0v) is 44.2. The number of benzene rings is 2. The molecule has 0 aromatic heterocycles. The maximum atomic E-state index is 16.2. The molecule has 10 rings (SSSR count). The van der Waals surface area contributed by atoms with Gasteiger partial charge in [0.2, 0.25) is 6.29 Å². The van der Waals surface area contributed by atoms with Crippen molar-refractivity contribution in [3.8, 4) is 23.0 Å². The molecule has 12 atom stereocenters. The SMILES string of the molecule is COC(=O)C(C)=CCC12OC(C)(C)C3CC(C1=O)C(O)C1(Br)C(=O)c4c(OC(=O)c5ccc(O[C@@H]6O[C@@H]7COC(C)(C)O[C@H]7[C@H](O)[C@H]6O)cc5)c5c(c(CC=C(C)C)c4OC321)OC(C)(CCC=C(C)C)C=C5. The Balaban J connectivity index is 1.16. The van der Waals surface area contributed by atoms with Crippen molar-refractivity contribution in [2.24, 2.45) is 11.8 Å². The average Bonchev–Trinajstić information content (AvgIpc) is 3.46. The first-order chi connectivity index (χ1) is 33.7. The van der Waals surface area contributed by atoms with Crippen molar-refractivity contribution in [1.29, 1.82) is 0 Å². The first-order valence-electron chi connectivity index (χ1n) is 24.5. The molecule has 0 radical (unpaired) electrons. The third-order valence-electron chi connectivity index (χ3n) is 15.5. The Labute approximate surface area is 427 Å². The molecule has 5 heterocycles. The van der Waals surface area contributed by atoms with Crippen LogP contribution in [0.2, 0.25) is 0 Å². The maximum absolute atomic E-state index is 16.2. The van der Waals surface area contributed by atoms with Crippen molar-refractivity contribution in [3.05, 3.63) is 87.5 Å². The van der Waals surface area contributed by atoms with E-state index in [1.165, 1.54) is 31.4 Å². The molecule has 7 unspecified atom stereocenters. The monoisotopic (exact) mass is 1060 g/mol. The smallest absolute Gasteiger partial charge is 0.343 e. The number of alkyl halides is 1. The topological polar surface area (TPSA) is 212 Å². The summed E-state index contributed by atoms with van der Waals surface area (Å²) in [5, 5.41) is 34.5. The number of allylic oxidation sites excluding steroid dienone is 4. The number of ketones is 2. The molecule has 72 heavy (non-hydrogen) atoms. The molecule has 3 saturated carbocycles. The van der Waals surface area contributed by atoms with Gasteiger partial charge in [0.25, 0.3) is 0 Å². The van der Waals surface area contributed by atoms with Gasteiger partial charge in [0, 0.05) is 29.4 Å². The second kappa shape index (κ2) is 18.3. The van der Waals surface area contributed by atoms with Crippen LogP contribution in [0.1, 0.15) is 127 Å². The van der Waals surface area contributed by atoms with E-state index >= 15 is 9.59 Å². The molecular formula is C55H65BrO16. The summed E-state index contributed by atoms with van der Waals surface area (Å²) in [5.74, 6) is -5.06. The largest absolute Gasteiger partial charge is 0.482 e. The highest BCUT2D eigenvalue weighted by atomic mass is 79.9. The van der Waals surface area contributed by atoms with Crippen molar-refractivity contribution < 1.29 is 77.1 Å². The van der Waals surface area contributed by atoms with Crippen LogP contribution in [0.3, 0.4) is 0 Å². The molecule has 2 aromatic carbocycles. The molecular weight excluding hydrogens is 996 g/mol. The highest BCUT2D eigenvalue weighted by Gasteiger charge is 2.90. The van der Waals surface area contributed by atoms with Gasteiger partial charge in [-0.1, -0.05) is 45.3 Å². The second-order valence-electron chi connectivity index (χ2n) is 21.9. The summed E-state index contributed by atoms with van der Waals surface area (Å²) in [6, 6.07) is 5.83. The molecule has 3 N–H and O–H groups in total. The molecule has 0 amide bonds. The Morgan fingerprint density at radius 2 is 1.60 bits per heavy atom. The summed E-state index contributed by atoms with van der Waals surface area (Å²) in [4.78, 5) is 58.7. The van der Waals surface area contributed by atoms with Gasteiger partial charge in [-0.3, -0.25) is 9.59 Å². The Bertz CT molecular complexity index is 2710. The summed E-state index contributed by atoms with van der Waals surface area (Å²) in [7, 11) is 1.26. The highest BCUT2D eigenvalue weighted by molar-refractivity contribution is 9.10. The fourth-order valence-electron chi connectivity index (χ4n) is 11.9. The average molecular weight is 1060 g/mol. The van der Waals surface area contributed by atoms with Gasteiger partial charge in [-0.15, -0.1) is 0 Å². The van der Waals surface area contributed by atoms with Gasteiger partial charge in [0.15, 0.2) is 38.6 Å². The Kier molecular flexibility index (Phi) is 13.2. The Morgan fingerprint density at radius 1 is 0.903 bits per heavy atom. The van der Waals surface area contributed by atoms with E-state index in [2.05, 4.69) is 22.0 Å². The third kappa shape index (κ3) is 8.12. The van der Waals surface area contributed by atoms with Crippen LogP contribution in [0.25, 0.3) is 6.08 Å². The number of esters is 2. The van der Waals surface area contributed by atoms with Crippen LogP contribution >= 0.6 is 15.9 Å². The summed E-state index contributed by atoms with van der Waals surface area (Å²) in [6.45, 7) is 18.6. The molecule has 2 aromatic rings. The number of rotatable bonds is 12. The first kappa shape index (κ1) is 52.2. The number of carbonyl (C=O) groups excluding carboxylic acids is 4. The number of aliphatic hydroxyl groups is 3. The number of methoxy groups -OCH3 is 1. The number of fused-ring (bicyclic) bond motifs is 3. The first-order valence-corrected chi connectivity index (χ1v) is 25.3. The quantitative estimate of drug-likeness (QED) is 0.0622. The molecule has 5 aliphatic heterocycles. The van der Waals surface area contributed by atoms with E-state index in [0.717, 1.165) is 11.1 Å². The molecule has 388 valence electrons. The standard InChI is InChI=1S/C55H65BrO16/c1-27(2)13-12-22-52(10)23-21-33-40(70-52)32(19-14-28(3)4)42-37(41(33)68-48(63)30-15-17-31(18-16-30)66-49-39(58)38(57)43-35(67-49)26-65-51(8,9)69-43)46(61)54(56)45(60)34-25-36-50(6,7)72-53(44(34)59,55(36,54)71-42)24-20-29(5)47(62)64-11/h13-18,20-21,23,34-36,38-39,43,45,49,57-58,60H,12,19,22,24-26H2,1-11H3/t34?,35-,36?,38-,39-,43-,45?,49-,52?,53?,54?,55?/m1/s1. The summed E-state index contributed by atoms with van der Waals surface area (Å²) in [5.41, 5.74) is -2.86. The zero-order chi connectivity index (χ0) is 52.2. The van der Waals surface area contributed by atoms with Gasteiger partial charge in [0.05, 0.1) is 36.5 Å². The van der Waals surface area contributed by atoms with E-state index in [4.69, 9.17) is 42.6 Å². The third-order valence-corrected chi connectivity index (χ3v) is 16.9. The number of hydrogen-bond donors (Lipinski definition) is 3. The van der Waals surface area contributed by atoms with Crippen molar-refractivity contribution in [2.75, 3.05) is 13.7 Å². The van der Waals surface area contributed by atoms with Crippen LogP contribution in [-0.4, -0.2) is 122 Å². The van der Waals surface area contributed by atoms with Crippen molar-refractivity contribution in [1.82, 2.24) is 0 Å². The molecule has 3 saturated heterocycles. The molecule has 17 heteroatoms. The van der Waals surface area contributed by atoms with Crippen LogP contribution in [0.5, 0.6) is 23.0 Å². The highest BCUT2D eigenvalue weighted by Crippen LogP contribution is 2.73. The van der Waals surface area contributed by atoms with E-state index in [9.17, 15) is 24.9 Å². The van der Waals surface area contributed by atoms with Crippen LogP contribution in [0, 0.1) is 11.8 Å². The van der Waals surface area contributed by atoms with Crippen LogP contribution in [0.15, 0.2) is 65.3 Å². The van der Waals surface area contributed by atoms with Crippen LogP contribution in [-0.2, 0) is 39.7 Å². The molecule has 1 spiro atoms. The minimum atomic E-state index is -2.05. The fraction of sp³-hybridized carbons (Fsp3) is 0.564. The molecule has 6 fully saturated rings. The van der Waals surface area contributed by atoms with E-state index in [1.807, 2.05) is 60.6 Å². The number of ether oxygens (including phenoxy) is 9. The second-order valence-corrected chi connectivity index (χ2v) is 23.1. The maximum Gasteiger partial charge on any atom is 0.343 e. The van der Waals surface area contributed by atoms with Crippen LogP contribution < -0.4 is 18.9 Å². The van der Waals surface area contributed by atoms with E-state index in [1.54, 1.807) is 32.9 Å². The van der Waals surface area contributed by atoms with Crippen molar-refractivity contribution in [2.45, 2.75) is 171 Å². The number of hydrogen-bond acceptors (Lipinski definition) is 16. The Morgan fingerprint density at radius 3 is 2.26 bits per heavy atom. The molecule has 16 nitrogen and oxygen atoms in total. The normalized spacial score (nSPS) is 35.3. The molecule has 8 aliphatic rings. The predicted molar refractivity (Wildman–Crippen MR) is 264 cm³/mol. The van der Waals surface area contributed by atoms with Gasteiger partial charge in [-0.2, -0.15) is 0 Å². The minimum Gasteiger partial charge on any atom is -0.482 e. The van der Waals surface area contributed by atoms with Gasteiger partial charge in [-0.05, 0) is 131 Å². The van der Waals surface area contributed by atoms with E-state index < -0.39 is 105 Å². The number of carbonyl (C=O) groups is 4. The molecule has 4 bridgehead atoms. The number of halogens is 1. The lowest BCUT2D eigenvalue weighted by molar-refractivity contribution is -0.373. The van der Waals surface area contributed by atoms with Crippen LogP contribution in [0.4, 0.5) is 0 Å². The molecule has 3 aliphatic carbocycles. The summed E-state index contributed by atoms with van der Waals surface area (Å²) >= 11 is 3.82. The summed E-state index contributed by atoms with van der Waals surface area (Å²) in [6.07, 6.45) is 3.33. The van der Waals surface area contributed by atoms with Gasteiger partial charge in [0.1, 0.15) is 52.8 Å². The minimum absolute atomic E-state index is 0.0114. The van der Waals surface area contributed by atoms with E-state index in [0.29, 0.717) is 29.7 Å². The van der Waals surface area contributed by atoms with E-state index in [-0.39, 0.29) is 59.8 Å². The zero-order valence-electron chi connectivity index (χ0n) is 42.6. The number of Topliss-reactive ketones (excluding diaryl/α,β-unsaturated/α-hetero) is 2. The van der Waals surface area contributed by atoms with Gasteiger partial charge in [-0.25, -0.2) is 9.59 Å². The van der Waals surface area contributed by atoms with Crippen molar-refractivity contribution in [3.63, 3.8) is 0 Å². The Hall–Kier alpha value is -4.72. The summed E-state index contributed by atoms with van der Waals surface area (Å²) < 4.78 is 54.4.